The van der Waals surface area contributed by atoms with Gasteiger partial charge in [0, 0.05) is 16.6 Å². The van der Waals surface area contributed by atoms with Crippen LogP contribution in [0.5, 0.6) is 23.0 Å². The van der Waals surface area contributed by atoms with Gasteiger partial charge in [0.05, 0.1) is 44.7 Å². The van der Waals surface area contributed by atoms with E-state index in [1.54, 1.807) is 36.4 Å². The van der Waals surface area contributed by atoms with Crippen LogP contribution in [-0.4, -0.2) is 49.3 Å². The second kappa shape index (κ2) is 11.3. The molecule has 1 amide bonds. The Hall–Kier alpha value is -3.44. The zero-order chi connectivity index (χ0) is 25.6. The molecule has 186 valence electrons. The van der Waals surface area contributed by atoms with Crippen LogP contribution < -0.4 is 28.6 Å². The van der Waals surface area contributed by atoms with E-state index in [-0.39, 0.29) is 22.1 Å². The normalized spacial score (nSPS) is 10.9. The number of para-hydroxylation sites is 1. The standard InChI is InChI=1S/C24H25BrN2O7S/c1-31-16-9-11-21(32-2)20(13-16)27(15-24(28)26-19-8-6-5-7-18(19)25)35(29,30)17-10-12-22(33-3)23(14-17)34-4/h5-14H,15H2,1-4H3,(H,26,28). The summed E-state index contributed by atoms with van der Waals surface area (Å²) in [4.78, 5) is 12.9. The monoisotopic (exact) mass is 564 g/mol. The first-order valence-corrected chi connectivity index (χ1v) is 12.5. The highest BCUT2D eigenvalue weighted by atomic mass is 79.9. The molecule has 0 saturated carbocycles. The Bertz CT molecular complexity index is 1310. The molecule has 0 atom stereocenters. The summed E-state index contributed by atoms with van der Waals surface area (Å²) in [5, 5.41) is 2.73. The van der Waals surface area contributed by atoms with Crippen molar-refractivity contribution in [2.45, 2.75) is 4.90 Å². The molecule has 9 nitrogen and oxygen atoms in total. The highest BCUT2D eigenvalue weighted by Gasteiger charge is 2.31. The number of sulfonamides is 1. The zero-order valence-corrected chi connectivity index (χ0v) is 22.0. The number of rotatable bonds is 10. The van der Waals surface area contributed by atoms with Gasteiger partial charge < -0.3 is 24.3 Å². The fraction of sp³-hybridized carbons (Fsp3) is 0.208. The third kappa shape index (κ3) is 5.80. The van der Waals surface area contributed by atoms with Crippen molar-refractivity contribution in [1.29, 1.82) is 0 Å². The average molecular weight is 565 g/mol. The van der Waals surface area contributed by atoms with Gasteiger partial charge in [0.15, 0.2) is 11.5 Å². The number of halogens is 1. The van der Waals surface area contributed by atoms with E-state index in [1.807, 2.05) is 0 Å². The van der Waals surface area contributed by atoms with Crippen LogP contribution >= 0.6 is 15.9 Å². The second-order valence-electron chi connectivity index (χ2n) is 7.09. The summed E-state index contributed by atoms with van der Waals surface area (Å²) in [6, 6.07) is 15.9. The number of methoxy groups -OCH3 is 4. The van der Waals surface area contributed by atoms with Gasteiger partial charge in [0.25, 0.3) is 10.0 Å². The number of amides is 1. The van der Waals surface area contributed by atoms with Crippen molar-refractivity contribution >= 4 is 43.2 Å². The smallest absolute Gasteiger partial charge is 0.265 e. The number of nitrogens with zero attached hydrogens (tertiary/aromatic N) is 1. The van der Waals surface area contributed by atoms with Gasteiger partial charge in [-0.3, -0.25) is 9.10 Å². The number of nitrogens with one attached hydrogen (secondary N) is 1. The van der Waals surface area contributed by atoms with Crippen LogP contribution in [0.2, 0.25) is 0 Å². The molecular formula is C24H25BrN2O7S. The van der Waals surface area contributed by atoms with E-state index in [0.29, 0.717) is 21.7 Å². The van der Waals surface area contributed by atoms with Gasteiger partial charge in [0.2, 0.25) is 5.91 Å². The van der Waals surface area contributed by atoms with Gasteiger partial charge in [-0.15, -0.1) is 0 Å². The first-order valence-electron chi connectivity index (χ1n) is 10.3. The molecule has 0 spiro atoms. The molecule has 0 aliphatic heterocycles. The minimum atomic E-state index is -4.28. The van der Waals surface area contributed by atoms with Crippen molar-refractivity contribution in [3.63, 3.8) is 0 Å². The van der Waals surface area contributed by atoms with E-state index in [0.717, 1.165) is 4.31 Å². The quantitative estimate of drug-likeness (QED) is 0.391. The lowest BCUT2D eigenvalue weighted by Crippen LogP contribution is -2.38. The third-order valence-corrected chi connectivity index (χ3v) is 7.48. The van der Waals surface area contributed by atoms with Crippen molar-refractivity contribution < 1.29 is 32.2 Å². The highest BCUT2D eigenvalue weighted by molar-refractivity contribution is 9.10. The summed E-state index contributed by atoms with van der Waals surface area (Å²) in [7, 11) is 1.44. The number of hydrogen-bond acceptors (Lipinski definition) is 7. The zero-order valence-electron chi connectivity index (χ0n) is 19.6. The molecule has 3 aromatic rings. The number of anilines is 2. The van der Waals surface area contributed by atoms with Crippen LogP contribution in [0.1, 0.15) is 0 Å². The van der Waals surface area contributed by atoms with Crippen LogP contribution in [0.4, 0.5) is 11.4 Å². The van der Waals surface area contributed by atoms with E-state index in [9.17, 15) is 13.2 Å². The van der Waals surface area contributed by atoms with Crippen molar-refractivity contribution in [3.8, 4) is 23.0 Å². The summed E-state index contributed by atoms with van der Waals surface area (Å²) in [5.41, 5.74) is 0.627. The Labute approximate surface area is 212 Å². The SMILES string of the molecule is COc1ccc(OC)c(N(CC(=O)Nc2ccccc2Br)S(=O)(=O)c2ccc(OC)c(OC)c2)c1. The van der Waals surface area contributed by atoms with Crippen molar-refractivity contribution in [3.05, 3.63) is 65.1 Å². The number of hydrogen-bond donors (Lipinski definition) is 1. The summed E-state index contributed by atoms with van der Waals surface area (Å²) >= 11 is 3.37. The van der Waals surface area contributed by atoms with Crippen LogP contribution in [0.25, 0.3) is 0 Å². The van der Waals surface area contributed by atoms with Crippen LogP contribution in [-0.2, 0) is 14.8 Å². The molecular weight excluding hydrogens is 540 g/mol. The molecule has 0 saturated heterocycles. The predicted octanol–water partition coefficient (Wildman–Crippen LogP) is 4.32. The van der Waals surface area contributed by atoms with Crippen molar-refractivity contribution in [2.24, 2.45) is 0 Å². The van der Waals surface area contributed by atoms with E-state index in [2.05, 4.69) is 21.2 Å². The maximum absolute atomic E-state index is 13.9. The first kappa shape index (κ1) is 26.2. The van der Waals surface area contributed by atoms with Crippen molar-refractivity contribution in [1.82, 2.24) is 0 Å². The Morgan fingerprint density at radius 3 is 2.14 bits per heavy atom. The summed E-state index contributed by atoms with van der Waals surface area (Å²) in [6.07, 6.45) is 0. The molecule has 0 heterocycles. The molecule has 35 heavy (non-hydrogen) atoms. The number of carbonyl (C=O) groups is 1. The maximum Gasteiger partial charge on any atom is 0.265 e. The van der Waals surface area contributed by atoms with Gasteiger partial charge in [-0.25, -0.2) is 8.42 Å². The van der Waals surface area contributed by atoms with Gasteiger partial charge in [-0.05, 0) is 52.3 Å². The molecule has 0 radical (unpaired) electrons. The fourth-order valence-corrected chi connectivity index (χ4v) is 5.10. The highest BCUT2D eigenvalue weighted by Crippen LogP contribution is 2.37. The molecule has 3 rings (SSSR count). The molecule has 1 N–H and O–H groups in total. The summed E-state index contributed by atoms with van der Waals surface area (Å²) < 4.78 is 50.5. The van der Waals surface area contributed by atoms with Crippen LogP contribution in [0.15, 0.2) is 70.0 Å². The van der Waals surface area contributed by atoms with Crippen molar-refractivity contribution in [2.75, 3.05) is 44.6 Å². The summed E-state index contributed by atoms with van der Waals surface area (Å²) in [6.45, 7) is -0.540. The van der Waals surface area contributed by atoms with E-state index < -0.39 is 22.5 Å². The summed E-state index contributed by atoms with van der Waals surface area (Å²) in [5.74, 6) is 0.654. The largest absolute Gasteiger partial charge is 0.497 e. The molecule has 0 bridgehead atoms. The van der Waals surface area contributed by atoms with Gasteiger partial charge in [-0.1, -0.05) is 12.1 Å². The minimum Gasteiger partial charge on any atom is -0.497 e. The van der Waals surface area contributed by atoms with Crippen LogP contribution in [0.3, 0.4) is 0 Å². The number of carbonyl (C=O) groups excluding carboxylic acids is 1. The molecule has 0 aliphatic rings. The second-order valence-corrected chi connectivity index (χ2v) is 9.81. The third-order valence-electron chi connectivity index (χ3n) is 5.03. The molecule has 3 aromatic carbocycles. The fourth-order valence-electron chi connectivity index (χ4n) is 3.28. The Morgan fingerprint density at radius 2 is 1.51 bits per heavy atom. The lowest BCUT2D eigenvalue weighted by molar-refractivity contribution is -0.114. The Kier molecular flexibility index (Phi) is 8.47. The van der Waals surface area contributed by atoms with E-state index in [4.69, 9.17) is 18.9 Å². The molecule has 0 aromatic heterocycles. The topological polar surface area (TPSA) is 103 Å². The molecule has 0 aliphatic carbocycles. The van der Waals surface area contributed by atoms with Gasteiger partial charge in [0.1, 0.15) is 18.0 Å². The van der Waals surface area contributed by atoms with E-state index in [1.165, 1.54) is 52.7 Å². The van der Waals surface area contributed by atoms with E-state index >= 15 is 0 Å². The van der Waals surface area contributed by atoms with Gasteiger partial charge in [-0.2, -0.15) is 0 Å². The predicted molar refractivity (Wildman–Crippen MR) is 136 cm³/mol. The Balaban J connectivity index is 2.11. The molecule has 0 fully saturated rings. The Morgan fingerprint density at radius 1 is 0.857 bits per heavy atom. The number of ether oxygens (including phenoxy) is 4. The van der Waals surface area contributed by atoms with Gasteiger partial charge >= 0.3 is 0 Å². The lowest BCUT2D eigenvalue weighted by Gasteiger charge is -2.26. The maximum atomic E-state index is 13.9. The lowest BCUT2D eigenvalue weighted by atomic mass is 10.2. The first-order chi connectivity index (χ1) is 16.7. The van der Waals surface area contributed by atoms with Crippen LogP contribution in [0, 0.1) is 0 Å². The minimum absolute atomic E-state index is 0.103. The average Bonchev–Trinajstić information content (AvgIpc) is 2.87. The molecule has 0 unspecified atom stereocenters. The molecule has 11 heteroatoms. The number of benzene rings is 3.